The second-order valence-corrected chi connectivity index (χ2v) is 5.70. The molecule has 0 saturated carbocycles. The lowest BCUT2D eigenvalue weighted by Crippen LogP contribution is -2.04. The van der Waals surface area contributed by atoms with Gasteiger partial charge in [-0.15, -0.1) is 11.3 Å². The number of aryl methyl sites for hydroxylation is 1. The van der Waals surface area contributed by atoms with Crippen molar-refractivity contribution in [3.63, 3.8) is 0 Å². The fourth-order valence-corrected chi connectivity index (χ4v) is 3.46. The molecule has 1 aromatic carbocycles. The van der Waals surface area contributed by atoms with Gasteiger partial charge in [0, 0.05) is 11.7 Å². The van der Waals surface area contributed by atoms with Crippen LogP contribution < -0.4 is 0 Å². The Morgan fingerprint density at radius 1 is 1.21 bits per heavy atom. The number of carboxylic acid groups (broad SMARTS) is 1. The van der Waals surface area contributed by atoms with Gasteiger partial charge in [-0.2, -0.15) is 0 Å². The molecular formula is C15H13NO2S. The molecule has 0 bridgehead atoms. The lowest BCUT2D eigenvalue weighted by Gasteiger charge is -2.02. The van der Waals surface area contributed by atoms with E-state index in [1.807, 2.05) is 6.07 Å². The molecule has 3 rings (SSSR count). The zero-order valence-electron chi connectivity index (χ0n) is 10.7. The van der Waals surface area contributed by atoms with Crippen LogP contribution in [0.15, 0.2) is 36.4 Å². The van der Waals surface area contributed by atoms with Crippen LogP contribution in [0.1, 0.15) is 16.1 Å². The summed E-state index contributed by atoms with van der Waals surface area (Å²) in [5.41, 5.74) is 2.49. The Hall–Kier alpha value is -2.07. The molecule has 3 nitrogen and oxygen atoms in total. The van der Waals surface area contributed by atoms with Gasteiger partial charge in [-0.05, 0) is 42.1 Å². The van der Waals surface area contributed by atoms with E-state index < -0.39 is 5.97 Å². The Labute approximate surface area is 114 Å². The van der Waals surface area contributed by atoms with Crippen molar-refractivity contribution in [2.24, 2.45) is 7.05 Å². The van der Waals surface area contributed by atoms with Crippen molar-refractivity contribution in [1.29, 1.82) is 0 Å². The Bertz CT molecular complexity index is 783. The summed E-state index contributed by atoms with van der Waals surface area (Å²) in [6.07, 6.45) is 0. The quantitative estimate of drug-likeness (QED) is 0.767. The second kappa shape index (κ2) is 4.24. The Morgan fingerprint density at radius 3 is 2.68 bits per heavy atom. The van der Waals surface area contributed by atoms with Crippen molar-refractivity contribution in [2.45, 2.75) is 6.92 Å². The fraction of sp³-hybridized carbons (Fsp3) is 0.133. The van der Waals surface area contributed by atoms with E-state index in [1.165, 1.54) is 15.6 Å². The molecule has 3 aromatic rings. The maximum absolute atomic E-state index is 11.1. The maximum Gasteiger partial charge on any atom is 0.352 e. The van der Waals surface area contributed by atoms with Crippen LogP contribution in [0.4, 0.5) is 0 Å². The molecule has 0 aliphatic rings. The van der Waals surface area contributed by atoms with Gasteiger partial charge in [0.2, 0.25) is 0 Å². The van der Waals surface area contributed by atoms with Crippen LogP contribution in [-0.2, 0) is 7.05 Å². The van der Waals surface area contributed by atoms with E-state index in [0.29, 0.717) is 5.69 Å². The lowest BCUT2D eigenvalue weighted by atomic mass is 10.2. The van der Waals surface area contributed by atoms with Gasteiger partial charge in [0.05, 0.1) is 10.6 Å². The van der Waals surface area contributed by atoms with Crippen molar-refractivity contribution in [1.82, 2.24) is 4.57 Å². The number of hydrogen-bond acceptors (Lipinski definition) is 2. The van der Waals surface area contributed by atoms with Crippen LogP contribution in [0.5, 0.6) is 0 Å². The van der Waals surface area contributed by atoms with E-state index >= 15 is 0 Å². The van der Waals surface area contributed by atoms with Gasteiger partial charge in [0.15, 0.2) is 0 Å². The summed E-state index contributed by atoms with van der Waals surface area (Å²) in [4.78, 5) is 12.2. The first-order valence-electron chi connectivity index (χ1n) is 5.96. The summed E-state index contributed by atoms with van der Waals surface area (Å²) in [7, 11) is 1.79. The highest BCUT2D eigenvalue weighted by atomic mass is 32.1. The van der Waals surface area contributed by atoms with Crippen molar-refractivity contribution in [3.8, 4) is 10.6 Å². The minimum atomic E-state index is -0.897. The summed E-state index contributed by atoms with van der Waals surface area (Å²) in [6, 6.07) is 12.0. The number of rotatable bonds is 2. The number of thiophene rings is 1. The van der Waals surface area contributed by atoms with Crippen molar-refractivity contribution < 1.29 is 9.90 Å². The van der Waals surface area contributed by atoms with Crippen LogP contribution in [-0.4, -0.2) is 15.6 Å². The molecule has 0 saturated heterocycles. The molecule has 4 heteroatoms. The number of fused-ring (bicyclic) bond motifs is 1. The predicted octanol–water partition coefficient (Wildman–Crippen LogP) is 3.91. The van der Waals surface area contributed by atoms with E-state index in [2.05, 4.69) is 31.2 Å². The van der Waals surface area contributed by atoms with Crippen LogP contribution in [0, 0.1) is 6.92 Å². The maximum atomic E-state index is 11.1. The Morgan fingerprint density at radius 2 is 2.00 bits per heavy atom. The number of carbonyl (C=O) groups is 1. The standard InChI is InChI=1S/C15H13NO2S/c1-9-3-4-10-8-14(19-13(10)7-9)11-5-6-12(15(17)18)16(11)2/h3-8H,1-2H3,(H,17,18). The van der Waals surface area contributed by atoms with E-state index in [-0.39, 0.29) is 0 Å². The normalized spacial score (nSPS) is 11.1. The van der Waals surface area contributed by atoms with Crippen LogP contribution >= 0.6 is 11.3 Å². The van der Waals surface area contributed by atoms with Crippen LogP contribution in [0.3, 0.4) is 0 Å². The molecule has 0 spiro atoms. The third kappa shape index (κ3) is 1.94. The highest BCUT2D eigenvalue weighted by molar-refractivity contribution is 7.22. The molecule has 0 aliphatic heterocycles. The average molecular weight is 271 g/mol. The second-order valence-electron chi connectivity index (χ2n) is 4.62. The van der Waals surface area contributed by atoms with Crippen LogP contribution in [0.25, 0.3) is 20.7 Å². The van der Waals surface area contributed by atoms with Crippen molar-refractivity contribution >= 4 is 27.4 Å². The lowest BCUT2D eigenvalue weighted by molar-refractivity contribution is 0.0687. The summed E-state index contributed by atoms with van der Waals surface area (Å²) >= 11 is 1.69. The minimum Gasteiger partial charge on any atom is -0.477 e. The first kappa shape index (κ1) is 12.0. The monoisotopic (exact) mass is 271 g/mol. The predicted molar refractivity (Wildman–Crippen MR) is 77.9 cm³/mol. The molecule has 96 valence electrons. The van der Waals surface area contributed by atoms with Gasteiger partial charge in [-0.1, -0.05) is 12.1 Å². The van der Waals surface area contributed by atoms with Crippen LogP contribution in [0.2, 0.25) is 0 Å². The van der Waals surface area contributed by atoms with E-state index in [1.54, 1.807) is 29.0 Å². The van der Waals surface area contributed by atoms with Gasteiger partial charge in [-0.25, -0.2) is 4.79 Å². The zero-order chi connectivity index (χ0) is 13.6. The molecule has 2 heterocycles. The summed E-state index contributed by atoms with van der Waals surface area (Å²) in [6.45, 7) is 2.07. The van der Waals surface area contributed by atoms with Crippen molar-refractivity contribution in [3.05, 3.63) is 47.7 Å². The van der Waals surface area contributed by atoms with Gasteiger partial charge in [0.25, 0.3) is 0 Å². The van der Waals surface area contributed by atoms with Gasteiger partial charge >= 0.3 is 5.97 Å². The topological polar surface area (TPSA) is 42.2 Å². The Kier molecular flexibility index (Phi) is 2.68. The van der Waals surface area contributed by atoms with E-state index in [9.17, 15) is 4.79 Å². The van der Waals surface area contributed by atoms with Gasteiger partial charge in [0.1, 0.15) is 5.69 Å². The molecule has 19 heavy (non-hydrogen) atoms. The van der Waals surface area contributed by atoms with E-state index in [0.717, 1.165) is 10.6 Å². The molecule has 0 radical (unpaired) electrons. The Balaban J connectivity index is 2.16. The minimum absolute atomic E-state index is 0.309. The zero-order valence-corrected chi connectivity index (χ0v) is 11.5. The van der Waals surface area contributed by atoms with E-state index in [4.69, 9.17) is 5.11 Å². The highest BCUT2D eigenvalue weighted by Crippen LogP contribution is 2.34. The largest absolute Gasteiger partial charge is 0.477 e. The summed E-state index contributed by atoms with van der Waals surface area (Å²) in [5.74, 6) is -0.897. The third-order valence-electron chi connectivity index (χ3n) is 3.27. The van der Waals surface area contributed by atoms with Gasteiger partial charge in [-0.3, -0.25) is 0 Å². The number of carboxylic acids is 1. The molecule has 0 atom stereocenters. The molecule has 1 N–H and O–H groups in total. The number of aromatic nitrogens is 1. The third-order valence-corrected chi connectivity index (χ3v) is 4.39. The SMILES string of the molecule is Cc1ccc2cc(-c3ccc(C(=O)O)n3C)sc2c1. The molecule has 0 fully saturated rings. The average Bonchev–Trinajstić information content (AvgIpc) is 2.91. The number of hydrogen-bond donors (Lipinski definition) is 1. The fourth-order valence-electron chi connectivity index (χ4n) is 2.24. The first-order valence-corrected chi connectivity index (χ1v) is 6.77. The summed E-state index contributed by atoms with van der Waals surface area (Å²) < 4.78 is 2.95. The first-order chi connectivity index (χ1) is 9.06. The number of benzene rings is 1. The molecule has 2 aromatic heterocycles. The van der Waals surface area contributed by atoms with Gasteiger partial charge < -0.3 is 9.67 Å². The number of aromatic carboxylic acids is 1. The molecule has 0 amide bonds. The molecule has 0 aliphatic carbocycles. The van der Waals surface area contributed by atoms with Crippen molar-refractivity contribution in [2.75, 3.05) is 0 Å². The smallest absolute Gasteiger partial charge is 0.352 e. The molecule has 0 unspecified atom stereocenters. The number of nitrogens with zero attached hydrogens (tertiary/aromatic N) is 1. The highest BCUT2D eigenvalue weighted by Gasteiger charge is 2.13. The molecular weight excluding hydrogens is 258 g/mol. The summed E-state index contributed by atoms with van der Waals surface area (Å²) in [5, 5.41) is 10.3.